The van der Waals surface area contributed by atoms with E-state index in [-0.39, 0.29) is 11.5 Å². The summed E-state index contributed by atoms with van der Waals surface area (Å²) in [5.41, 5.74) is 0.944. The molecule has 2 unspecified atom stereocenters. The molecule has 0 fully saturated rings. The van der Waals surface area contributed by atoms with Crippen molar-refractivity contribution in [1.82, 2.24) is 0 Å². The fraction of sp³-hybridized carbons (Fsp3) is 0.500. The highest BCUT2D eigenvalue weighted by molar-refractivity contribution is 5.19. The van der Waals surface area contributed by atoms with Crippen LogP contribution in [0.5, 0.6) is 0 Å². The number of rotatable bonds is 4. The molecule has 2 atom stereocenters. The molecule has 1 aromatic rings. The predicted molar refractivity (Wildman–Crippen MR) is 74.0 cm³/mol. The summed E-state index contributed by atoms with van der Waals surface area (Å²) in [5, 5.41) is 10.1. The first-order valence-corrected chi connectivity index (χ1v) is 6.20. The van der Waals surface area contributed by atoms with Crippen LogP contribution in [0.4, 0.5) is 0 Å². The lowest BCUT2D eigenvalue weighted by atomic mass is 9.96. The van der Waals surface area contributed by atoms with Crippen LogP contribution in [0.3, 0.4) is 0 Å². The Bertz CT molecular complexity index is 406. The Morgan fingerprint density at radius 1 is 1.22 bits per heavy atom. The third-order valence-electron chi connectivity index (χ3n) is 2.51. The lowest BCUT2D eigenvalue weighted by Crippen LogP contribution is -2.19. The Balaban J connectivity index is 2.69. The molecule has 98 valence electrons. The van der Waals surface area contributed by atoms with Gasteiger partial charge in [-0.25, -0.2) is 0 Å². The summed E-state index contributed by atoms with van der Waals surface area (Å²) < 4.78 is 5.36. The highest BCUT2D eigenvalue weighted by Gasteiger charge is 2.19. The van der Waals surface area contributed by atoms with Gasteiger partial charge in [-0.3, -0.25) is 0 Å². The number of aliphatic hydroxyl groups excluding tert-OH is 1. The normalized spacial score (nSPS) is 14.5. The average molecular weight is 246 g/mol. The number of ether oxygens (including phenoxy) is 1. The van der Waals surface area contributed by atoms with E-state index in [1.54, 1.807) is 7.11 Å². The molecule has 2 nitrogen and oxygen atoms in total. The summed E-state index contributed by atoms with van der Waals surface area (Å²) in [6, 6.07) is 9.73. The summed E-state index contributed by atoms with van der Waals surface area (Å²) in [5.74, 6) is 6.15. The zero-order valence-corrected chi connectivity index (χ0v) is 11.6. The maximum atomic E-state index is 10.1. The Kier molecular flexibility index (Phi) is 5.40. The highest BCUT2D eigenvalue weighted by atomic mass is 16.5. The zero-order chi connectivity index (χ0) is 13.6. The summed E-state index contributed by atoms with van der Waals surface area (Å²) in [6.45, 7) is 6.16. The summed E-state index contributed by atoms with van der Waals surface area (Å²) in [4.78, 5) is 0. The van der Waals surface area contributed by atoms with Crippen molar-refractivity contribution in [2.45, 2.75) is 39.4 Å². The van der Waals surface area contributed by atoms with Crippen LogP contribution < -0.4 is 0 Å². The minimum Gasteiger partial charge on any atom is -0.389 e. The lowest BCUT2D eigenvalue weighted by molar-refractivity contribution is -0.0105. The van der Waals surface area contributed by atoms with E-state index in [2.05, 4.69) is 32.6 Å². The second-order valence-corrected chi connectivity index (χ2v) is 5.39. The van der Waals surface area contributed by atoms with Crippen molar-refractivity contribution >= 4 is 0 Å². The van der Waals surface area contributed by atoms with Gasteiger partial charge in [0.2, 0.25) is 0 Å². The molecule has 0 spiro atoms. The van der Waals surface area contributed by atoms with Gasteiger partial charge in [0.05, 0.1) is 6.10 Å². The molecule has 0 aliphatic heterocycles. The molecule has 2 heteroatoms. The van der Waals surface area contributed by atoms with Crippen LogP contribution in [0.1, 0.15) is 38.9 Å². The maximum Gasteiger partial charge on any atom is 0.109 e. The second kappa shape index (κ2) is 6.58. The second-order valence-electron chi connectivity index (χ2n) is 5.39. The molecule has 0 heterocycles. The van der Waals surface area contributed by atoms with Crippen LogP contribution in [0.2, 0.25) is 0 Å². The Morgan fingerprint density at radius 2 is 1.83 bits per heavy atom. The smallest absolute Gasteiger partial charge is 0.109 e. The van der Waals surface area contributed by atoms with Crippen molar-refractivity contribution < 1.29 is 9.84 Å². The van der Waals surface area contributed by atoms with Crippen molar-refractivity contribution in [1.29, 1.82) is 0 Å². The van der Waals surface area contributed by atoms with E-state index >= 15 is 0 Å². The molecule has 18 heavy (non-hydrogen) atoms. The number of methoxy groups -OCH3 is 1. The minimum atomic E-state index is -0.604. The molecule has 0 radical (unpaired) electrons. The monoisotopic (exact) mass is 246 g/mol. The zero-order valence-electron chi connectivity index (χ0n) is 11.6. The maximum absolute atomic E-state index is 10.1. The molecule has 0 aliphatic rings. The van der Waals surface area contributed by atoms with Crippen LogP contribution in [0.15, 0.2) is 30.3 Å². The Labute approximate surface area is 110 Å². The third-order valence-corrected chi connectivity index (χ3v) is 2.51. The van der Waals surface area contributed by atoms with Crippen molar-refractivity contribution in [2.75, 3.05) is 7.11 Å². The number of benzene rings is 1. The molecular formula is C16H22O2. The molecule has 0 aromatic heterocycles. The van der Waals surface area contributed by atoms with Crippen molar-refractivity contribution in [3.05, 3.63) is 35.9 Å². The van der Waals surface area contributed by atoms with E-state index in [9.17, 15) is 5.11 Å². The van der Waals surface area contributed by atoms with Crippen LogP contribution in [-0.4, -0.2) is 18.3 Å². The van der Waals surface area contributed by atoms with Crippen molar-refractivity contribution in [2.24, 2.45) is 5.41 Å². The van der Waals surface area contributed by atoms with E-state index in [0.29, 0.717) is 6.42 Å². The number of hydrogen-bond donors (Lipinski definition) is 1. The molecule has 0 aliphatic carbocycles. The molecular weight excluding hydrogens is 224 g/mol. The first kappa shape index (κ1) is 14.8. The van der Waals surface area contributed by atoms with Crippen LogP contribution in [0, 0.1) is 17.3 Å². The van der Waals surface area contributed by atoms with Gasteiger partial charge in [0.15, 0.2) is 0 Å². The van der Waals surface area contributed by atoms with E-state index in [1.807, 2.05) is 30.3 Å². The summed E-state index contributed by atoms with van der Waals surface area (Å²) in [6.07, 6.45) is -0.502. The summed E-state index contributed by atoms with van der Waals surface area (Å²) in [7, 11) is 1.61. The average Bonchev–Trinajstić information content (AvgIpc) is 2.29. The van der Waals surface area contributed by atoms with Gasteiger partial charge in [0, 0.05) is 18.9 Å². The van der Waals surface area contributed by atoms with E-state index < -0.39 is 6.10 Å². The Morgan fingerprint density at radius 3 is 2.33 bits per heavy atom. The molecule has 0 bridgehead atoms. The quantitative estimate of drug-likeness (QED) is 0.827. The topological polar surface area (TPSA) is 29.5 Å². The molecule has 1 aromatic carbocycles. The minimum absolute atomic E-state index is 0.0327. The molecule has 1 rings (SSSR count). The molecule has 0 amide bonds. The van der Waals surface area contributed by atoms with Crippen LogP contribution in [0.25, 0.3) is 0 Å². The molecule has 0 saturated heterocycles. The highest BCUT2D eigenvalue weighted by Crippen LogP contribution is 2.22. The van der Waals surface area contributed by atoms with E-state index in [0.717, 1.165) is 5.56 Å². The lowest BCUT2D eigenvalue weighted by Gasteiger charge is -2.20. The standard InChI is InChI=1S/C16H22O2/c1-16(2,3)12-8-11-14(17)15(18-4)13-9-6-5-7-10-13/h5-7,9-10,14-15,17H,11H2,1-4H3. The van der Waals surface area contributed by atoms with Gasteiger partial charge < -0.3 is 9.84 Å². The number of aliphatic hydroxyl groups is 1. The molecule has 0 saturated carbocycles. The van der Waals surface area contributed by atoms with Gasteiger partial charge in [-0.05, 0) is 26.3 Å². The molecule has 1 N–H and O–H groups in total. The van der Waals surface area contributed by atoms with Gasteiger partial charge >= 0.3 is 0 Å². The first-order valence-electron chi connectivity index (χ1n) is 6.20. The van der Waals surface area contributed by atoms with Gasteiger partial charge in [0.1, 0.15) is 6.10 Å². The van der Waals surface area contributed by atoms with Crippen LogP contribution >= 0.6 is 0 Å². The van der Waals surface area contributed by atoms with Crippen LogP contribution in [-0.2, 0) is 4.74 Å². The van der Waals surface area contributed by atoms with Gasteiger partial charge in [-0.2, -0.15) is 0 Å². The summed E-state index contributed by atoms with van der Waals surface area (Å²) >= 11 is 0. The largest absolute Gasteiger partial charge is 0.389 e. The van der Waals surface area contributed by atoms with Crippen molar-refractivity contribution in [3.63, 3.8) is 0 Å². The van der Waals surface area contributed by atoms with Gasteiger partial charge in [0.25, 0.3) is 0 Å². The van der Waals surface area contributed by atoms with Crippen molar-refractivity contribution in [3.8, 4) is 11.8 Å². The SMILES string of the molecule is COC(c1ccccc1)C(O)CC#CC(C)(C)C. The van der Waals surface area contributed by atoms with E-state index in [4.69, 9.17) is 4.74 Å². The fourth-order valence-electron chi connectivity index (χ4n) is 1.69. The number of hydrogen-bond acceptors (Lipinski definition) is 2. The van der Waals surface area contributed by atoms with E-state index in [1.165, 1.54) is 0 Å². The third kappa shape index (κ3) is 4.91. The van der Waals surface area contributed by atoms with Gasteiger partial charge in [-0.1, -0.05) is 42.2 Å². The fourth-order valence-corrected chi connectivity index (χ4v) is 1.69. The van der Waals surface area contributed by atoms with Gasteiger partial charge in [-0.15, -0.1) is 0 Å². The Hall–Kier alpha value is -1.30. The first-order chi connectivity index (χ1) is 8.44. The predicted octanol–water partition coefficient (Wildman–Crippen LogP) is 3.17.